The number of hydrogen-bond acceptors (Lipinski definition) is 3. The summed E-state index contributed by atoms with van der Waals surface area (Å²) in [5, 5.41) is 11.6. The first-order valence-corrected chi connectivity index (χ1v) is 20.6. The summed E-state index contributed by atoms with van der Waals surface area (Å²) in [4.78, 5) is 13.7. The molecule has 0 saturated heterocycles. The van der Waals surface area contributed by atoms with Gasteiger partial charge in [0, 0.05) is 6.04 Å². The second-order valence-corrected chi connectivity index (χ2v) is 14.3. The van der Waals surface area contributed by atoms with Crippen LogP contribution in [0.15, 0.2) is 0 Å². The van der Waals surface area contributed by atoms with Gasteiger partial charge in [-0.25, -0.2) is 0 Å². The van der Waals surface area contributed by atoms with Crippen LogP contribution in [0.4, 0.5) is 0 Å². The van der Waals surface area contributed by atoms with Gasteiger partial charge < -0.3 is 9.90 Å². The van der Waals surface area contributed by atoms with Crippen LogP contribution in [0.3, 0.4) is 0 Å². The second kappa shape index (κ2) is 40.6. The van der Waals surface area contributed by atoms with Gasteiger partial charge in [0.05, 0.1) is 5.97 Å². The fraction of sp³-hybridized carbons (Fsp3) is 0.976. The standard InChI is InChI=1S/C41H83NO2.Na/c1-4-6-8-10-12-14-16-18-20-22-24-26-28-30-32-34-36-38-42(40(3)41(43)44)39-37-35-33-31-29-27-25-23-21-19-17-15-13-11-9-7-5-2;/h40H,4-39H2,1-3H3,(H,43,44);/q;+1/p-1. The van der Waals surface area contributed by atoms with Crippen molar-refractivity contribution in [1.82, 2.24) is 4.90 Å². The van der Waals surface area contributed by atoms with E-state index in [0.29, 0.717) is 0 Å². The predicted octanol–water partition coefficient (Wildman–Crippen LogP) is 9.73. The molecule has 0 saturated carbocycles. The second-order valence-electron chi connectivity index (χ2n) is 14.3. The molecule has 45 heavy (non-hydrogen) atoms. The Kier molecular flexibility index (Phi) is 42.9. The Hall–Kier alpha value is 0.430. The van der Waals surface area contributed by atoms with E-state index < -0.39 is 12.0 Å². The molecule has 4 heteroatoms. The maximum Gasteiger partial charge on any atom is 1.00 e. The van der Waals surface area contributed by atoms with Crippen LogP contribution in [-0.2, 0) is 4.79 Å². The van der Waals surface area contributed by atoms with Gasteiger partial charge in [0.15, 0.2) is 0 Å². The summed E-state index contributed by atoms with van der Waals surface area (Å²) in [7, 11) is 0. The Morgan fingerprint density at radius 2 is 0.578 bits per heavy atom. The maximum atomic E-state index is 11.6. The molecule has 0 aromatic heterocycles. The van der Waals surface area contributed by atoms with E-state index in [1.807, 2.05) is 6.92 Å². The van der Waals surface area contributed by atoms with E-state index in [4.69, 9.17) is 0 Å². The molecule has 0 fully saturated rings. The summed E-state index contributed by atoms with van der Waals surface area (Å²) in [6, 6.07) is -0.461. The van der Waals surface area contributed by atoms with E-state index in [2.05, 4.69) is 18.7 Å². The Morgan fingerprint density at radius 1 is 0.400 bits per heavy atom. The van der Waals surface area contributed by atoms with Gasteiger partial charge in [-0.05, 0) is 32.9 Å². The van der Waals surface area contributed by atoms with Crippen molar-refractivity contribution in [3.05, 3.63) is 0 Å². The van der Waals surface area contributed by atoms with E-state index in [1.165, 1.54) is 205 Å². The molecule has 0 aliphatic carbocycles. The molecular weight excluding hydrogens is 561 g/mol. The molecule has 0 aromatic carbocycles. The third kappa shape index (κ3) is 37.1. The van der Waals surface area contributed by atoms with Crippen molar-refractivity contribution in [3.63, 3.8) is 0 Å². The molecule has 0 spiro atoms. The summed E-state index contributed by atoms with van der Waals surface area (Å²) in [5.41, 5.74) is 0. The number of aliphatic carboxylic acids is 1. The predicted molar refractivity (Wildman–Crippen MR) is 194 cm³/mol. The van der Waals surface area contributed by atoms with E-state index in [9.17, 15) is 9.90 Å². The van der Waals surface area contributed by atoms with Crippen LogP contribution in [0.5, 0.6) is 0 Å². The van der Waals surface area contributed by atoms with Gasteiger partial charge in [-0.1, -0.05) is 219 Å². The molecule has 0 aliphatic heterocycles. The van der Waals surface area contributed by atoms with Crippen molar-refractivity contribution in [2.24, 2.45) is 0 Å². The number of carboxylic acids is 1. The molecule has 3 nitrogen and oxygen atoms in total. The van der Waals surface area contributed by atoms with Crippen LogP contribution in [0.25, 0.3) is 0 Å². The monoisotopic (exact) mass is 644 g/mol. The summed E-state index contributed by atoms with van der Waals surface area (Å²) in [6.45, 7) is 8.22. The zero-order valence-electron chi connectivity index (χ0n) is 31.8. The molecule has 0 amide bonds. The number of hydrogen-bond donors (Lipinski definition) is 0. The van der Waals surface area contributed by atoms with Crippen molar-refractivity contribution in [1.29, 1.82) is 0 Å². The van der Waals surface area contributed by atoms with Crippen LogP contribution in [0.1, 0.15) is 239 Å². The first-order chi connectivity index (χ1) is 21.6. The number of nitrogens with zero attached hydrogens (tertiary/aromatic N) is 1. The summed E-state index contributed by atoms with van der Waals surface area (Å²) in [5.74, 6) is -0.913. The maximum absolute atomic E-state index is 11.6. The van der Waals surface area contributed by atoms with Gasteiger partial charge in [-0.2, -0.15) is 0 Å². The Morgan fingerprint density at radius 3 is 0.756 bits per heavy atom. The molecule has 1 atom stereocenters. The van der Waals surface area contributed by atoms with Gasteiger partial charge >= 0.3 is 29.6 Å². The average molecular weight is 644 g/mol. The fourth-order valence-corrected chi connectivity index (χ4v) is 6.73. The smallest absolute Gasteiger partial charge is 0.548 e. The Bertz CT molecular complexity index is 520. The minimum atomic E-state index is -0.913. The minimum Gasteiger partial charge on any atom is -0.548 e. The summed E-state index contributed by atoms with van der Waals surface area (Å²) < 4.78 is 0. The molecule has 0 aromatic rings. The molecular formula is C41H82NNaO2. The van der Waals surface area contributed by atoms with Crippen molar-refractivity contribution >= 4 is 5.97 Å². The van der Waals surface area contributed by atoms with E-state index in [1.54, 1.807) is 0 Å². The van der Waals surface area contributed by atoms with Crippen molar-refractivity contribution in [3.8, 4) is 0 Å². The van der Waals surface area contributed by atoms with Crippen LogP contribution < -0.4 is 34.7 Å². The van der Waals surface area contributed by atoms with Gasteiger partial charge in [-0.15, -0.1) is 0 Å². The molecule has 264 valence electrons. The van der Waals surface area contributed by atoms with E-state index in [-0.39, 0.29) is 29.6 Å². The Labute approximate surface area is 306 Å². The largest absolute Gasteiger partial charge is 1.00 e. The molecule has 0 radical (unpaired) electrons. The third-order valence-corrected chi connectivity index (χ3v) is 9.99. The topological polar surface area (TPSA) is 43.4 Å². The van der Waals surface area contributed by atoms with Crippen LogP contribution in [-0.4, -0.2) is 30.0 Å². The number of unbranched alkanes of at least 4 members (excludes halogenated alkanes) is 32. The summed E-state index contributed by atoms with van der Waals surface area (Å²) >= 11 is 0. The first-order valence-electron chi connectivity index (χ1n) is 20.6. The number of carbonyl (C=O) groups excluding carboxylic acids is 1. The van der Waals surface area contributed by atoms with Gasteiger partial charge in [0.25, 0.3) is 0 Å². The van der Waals surface area contributed by atoms with Crippen LogP contribution in [0.2, 0.25) is 0 Å². The van der Waals surface area contributed by atoms with E-state index in [0.717, 1.165) is 25.9 Å². The zero-order chi connectivity index (χ0) is 32.2. The zero-order valence-corrected chi connectivity index (χ0v) is 33.8. The van der Waals surface area contributed by atoms with Crippen molar-refractivity contribution in [2.75, 3.05) is 13.1 Å². The average Bonchev–Trinajstić information content (AvgIpc) is 3.02. The first kappa shape index (κ1) is 47.5. The minimum absolute atomic E-state index is 0. The Balaban J connectivity index is 0. The van der Waals surface area contributed by atoms with Crippen LogP contribution in [0, 0.1) is 0 Å². The van der Waals surface area contributed by atoms with Gasteiger partial charge in [0.1, 0.15) is 0 Å². The van der Waals surface area contributed by atoms with Crippen LogP contribution >= 0.6 is 0 Å². The molecule has 0 rings (SSSR count). The molecule has 0 bridgehead atoms. The third-order valence-electron chi connectivity index (χ3n) is 9.99. The number of carbonyl (C=O) groups is 1. The molecule has 0 aliphatic rings. The molecule has 0 heterocycles. The van der Waals surface area contributed by atoms with Gasteiger partial charge in [0.2, 0.25) is 0 Å². The number of carboxylic acid groups (broad SMARTS) is 1. The van der Waals surface area contributed by atoms with Crippen molar-refractivity contribution < 1.29 is 39.5 Å². The molecule has 1 unspecified atom stereocenters. The summed E-state index contributed by atoms with van der Waals surface area (Å²) in [6.07, 6.45) is 46.9. The van der Waals surface area contributed by atoms with E-state index >= 15 is 0 Å². The quantitative estimate of drug-likeness (QED) is 0.0497. The number of rotatable bonds is 38. The molecule has 0 N–H and O–H groups in total. The van der Waals surface area contributed by atoms with Gasteiger partial charge in [-0.3, -0.25) is 4.90 Å². The normalized spacial score (nSPS) is 12.1. The fourth-order valence-electron chi connectivity index (χ4n) is 6.73. The van der Waals surface area contributed by atoms with Crippen molar-refractivity contribution in [2.45, 2.75) is 245 Å². The SMILES string of the molecule is CCCCCCCCCCCCCCCCCCCN(CCCCCCCCCCCCCCCCCCC)C(C)C(=O)[O-].[Na+].